The lowest BCUT2D eigenvalue weighted by atomic mass is 9.87. The Morgan fingerprint density at radius 1 is 1.62 bits per heavy atom. The van der Waals surface area contributed by atoms with Gasteiger partial charge in [-0.1, -0.05) is 0 Å². The number of alkyl halides is 2. The van der Waals surface area contributed by atoms with Crippen molar-refractivity contribution < 1.29 is 4.39 Å². The van der Waals surface area contributed by atoms with Gasteiger partial charge in [-0.3, -0.25) is 7.95 Å². The average Bonchev–Trinajstić information content (AvgIpc) is 1.65. The zero-order chi connectivity index (χ0) is 5.98. The average molecular weight is 229 g/mol. The first kappa shape index (κ1) is 6.58. The lowest BCUT2D eigenvalue weighted by Crippen LogP contribution is -2.25. The van der Waals surface area contributed by atoms with Gasteiger partial charge in [-0.15, -0.1) is 0 Å². The molecule has 1 N–H and O–H groups in total. The second kappa shape index (κ2) is 2.85. The summed E-state index contributed by atoms with van der Waals surface area (Å²) in [5.74, 6) is 0.338. The van der Waals surface area contributed by atoms with Crippen molar-refractivity contribution in [1.29, 1.82) is 3.56 Å². The van der Waals surface area contributed by atoms with E-state index in [2.05, 4.69) is 0 Å². The molecule has 1 rings (SSSR count). The van der Waals surface area contributed by atoms with E-state index < -0.39 is 0 Å². The molecule has 0 aromatic carbocycles. The minimum atomic E-state index is -0.319. The van der Waals surface area contributed by atoms with Crippen molar-refractivity contribution in [3.63, 3.8) is 0 Å². The molecule has 0 aromatic rings. The summed E-state index contributed by atoms with van der Waals surface area (Å²) in [6.45, 7) is -0.153. The van der Waals surface area contributed by atoms with Crippen LogP contribution in [0.5, 0.6) is 0 Å². The van der Waals surface area contributed by atoms with Crippen molar-refractivity contribution in [3.8, 4) is 0 Å². The van der Waals surface area contributed by atoms with Crippen LogP contribution in [0, 0.1) is 9.48 Å². The molecule has 0 aliphatic heterocycles. The minimum absolute atomic E-state index is 0.153. The summed E-state index contributed by atoms with van der Waals surface area (Å²) in [5, 5.41) is 0. The van der Waals surface area contributed by atoms with Gasteiger partial charge < -0.3 is 0 Å². The van der Waals surface area contributed by atoms with E-state index in [4.69, 9.17) is 3.56 Å². The smallest absolute Gasteiger partial charge is 0.0923 e. The highest BCUT2D eigenvalue weighted by Gasteiger charge is 2.27. The monoisotopic (exact) mass is 229 g/mol. The molecule has 0 saturated heterocycles. The highest BCUT2D eigenvalue weighted by molar-refractivity contribution is 14.1. The summed E-state index contributed by atoms with van der Waals surface area (Å²) in [5.41, 5.74) is 0. The van der Waals surface area contributed by atoms with Crippen LogP contribution in [0.4, 0.5) is 4.39 Å². The third kappa shape index (κ3) is 1.24. The van der Waals surface area contributed by atoms with E-state index in [9.17, 15) is 4.39 Å². The fraction of sp³-hybridized carbons (Fsp3) is 1.00. The minimum Gasteiger partial charge on any atom is -0.278 e. The van der Waals surface area contributed by atoms with E-state index in [1.54, 1.807) is 0 Å². The summed E-state index contributed by atoms with van der Waals surface area (Å²) in [6.07, 6.45) is 2.01. The van der Waals surface area contributed by atoms with Crippen molar-refractivity contribution in [2.45, 2.75) is 16.8 Å². The topological polar surface area (TPSA) is 23.9 Å². The Balaban J connectivity index is 2.11. The number of rotatable bonds is 2. The van der Waals surface area contributed by atoms with Crippen molar-refractivity contribution in [2.75, 3.05) is 6.67 Å². The van der Waals surface area contributed by atoms with E-state index in [0.717, 1.165) is 12.8 Å². The third-order valence-corrected chi connectivity index (χ3v) is 3.45. The standard InChI is InChI=1S/C5H9FIN/c6-3-4-1-5(2-4)7-8/h4-5,8H,1-3H2. The predicted molar refractivity (Wildman–Crippen MR) is 39.2 cm³/mol. The van der Waals surface area contributed by atoms with E-state index in [1.807, 2.05) is 0 Å². The third-order valence-electron chi connectivity index (χ3n) is 1.55. The lowest BCUT2D eigenvalue weighted by Gasteiger charge is -2.28. The molecule has 1 nitrogen and oxygen atoms in total. The molecule has 0 unspecified atom stereocenters. The molecule has 0 radical (unpaired) electrons. The highest BCUT2D eigenvalue weighted by Crippen LogP contribution is 2.36. The lowest BCUT2D eigenvalue weighted by molar-refractivity contribution is 0.259. The fourth-order valence-electron chi connectivity index (χ4n) is 0.869. The predicted octanol–water partition coefficient (Wildman–Crippen LogP) is 2.47. The second-order valence-corrected chi connectivity index (χ2v) is 4.58. The van der Waals surface area contributed by atoms with E-state index >= 15 is 0 Å². The first-order chi connectivity index (χ1) is 3.86. The van der Waals surface area contributed by atoms with Gasteiger partial charge in [0, 0.05) is 3.92 Å². The summed E-state index contributed by atoms with van der Waals surface area (Å²) < 4.78 is 19.3. The normalized spacial score (nSPS) is 36.6. The molecule has 1 aliphatic rings. The van der Waals surface area contributed by atoms with E-state index in [0.29, 0.717) is 9.84 Å². The molecular formula is C5H9FIN. The van der Waals surface area contributed by atoms with E-state index in [1.165, 1.54) is 0 Å². The molecule has 0 amide bonds. The van der Waals surface area contributed by atoms with Crippen LogP contribution in [0.15, 0.2) is 0 Å². The second-order valence-electron chi connectivity index (χ2n) is 2.20. The van der Waals surface area contributed by atoms with Gasteiger partial charge in [-0.25, -0.2) is 0 Å². The van der Waals surface area contributed by atoms with Crippen molar-refractivity contribution in [3.05, 3.63) is 0 Å². The van der Waals surface area contributed by atoms with Gasteiger partial charge >= 0.3 is 0 Å². The quantitative estimate of drug-likeness (QED) is 0.555. The Bertz CT molecular complexity index is 90.4. The van der Waals surface area contributed by atoms with Crippen molar-refractivity contribution in [1.82, 2.24) is 0 Å². The van der Waals surface area contributed by atoms with Crippen LogP contribution in [0.3, 0.4) is 0 Å². The SMILES string of the molecule is N=IC1CC(CF)C1. The molecule has 0 aromatic heterocycles. The van der Waals surface area contributed by atoms with Crippen LogP contribution in [0.25, 0.3) is 0 Å². The Morgan fingerprint density at radius 2 is 2.25 bits per heavy atom. The van der Waals surface area contributed by atoms with Gasteiger partial charge in [0.15, 0.2) is 0 Å². The number of nitrogens with one attached hydrogen (secondary N) is 1. The largest absolute Gasteiger partial charge is 0.278 e. The van der Waals surface area contributed by atoms with Crippen LogP contribution < -0.4 is 0 Å². The Labute approximate surface area is 58.6 Å². The molecular weight excluding hydrogens is 220 g/mol. The molecule has 1 fully saturated rings. The van der Waals surface area contributed by atoms with Gasteiger partial charge in [0.05, 0.1) is 6.67 Å². The number of hydrogen-bond acceptors (Lipinski definition) is 1. The van der Waals surface area contributed by atoms with Crippen LogP contribution in [0.1, 0.15) is 12.8 Å². The first-order valence-corrected chi connectivity index (χ1v) is 5.04. The molecule has 0 heterocycles. The summed E-state index contributed by atoms with van der Waals surface area (Å²) in [7, 11) is 0. The number of halogens is 2. The molecule has 8 heavy (non-hydrogen) atoms. The van der Waals surface area contributed by atoms with Gasteiger partial charge in [-0.05, 0) is 39.8 Å². The molecule has 3 heteroatoms. The maximum atomic E-state index is 11.7. The van der Waals surface area contributed by atoms with Crippen LogP contribution in [0.2, 0.25) is 0 Å². The van der Waals surface area contributed by atoms with Crippen molar-refractivity contribution in [2.24, 2.45) is 5.92 Å². The molecule has 0 atom stereocenters. The fourth-order valence-corrected chi connectivity index (χ4v) is 2.82. The van der Waals surface area contributed by atoms with Gasteiger partial charge in [-0.2, -0.15) is 0 Å². The Kier molecular flexibility index (Phi) is 2.34. The maximum Gasteiger partial charge on any atom is 0.0923 e. The van der Waals surface area contributed by atoms with Crippen LogP contribution >= 0.6 is 21.0 Å². The van der Waals surface area contributed by atoms with Crippen LogP contribution in [-0.4, -0.2) is 10.6 Å². The summed E-state index contributed by atoms with van der Waals surface area (Å²) >= 11 is -0.319. The molecule has 48 valence electrons. The molecule has 0 bridgehead atoms. The molecule has 0 spiro atoms. The molecule has 1 saturated carbocycles. The van der Waals surface area contributed by atoms with Gasteiger partial charge in [0.25, 0.3) is 0 Å². The van der Waals surface area contributed by atoms with Gasteiger partial charge in [0.2, 0.25) is 0 Å². The molecule has 1 aliphatic carbocycles. The summed E-state index contributed by atoms with van der Waals surface area (Å²) in [6, 6.07) is 0. The first-order valence-electron chi connectivity index (χ1n) is 2.72. The van der Waals surface area contributed by atoms with Crippen molar-refractivity contribution >= 4 is 21.0 Å². The zero-order valence-electron chi connectivity index (χ0n) is 4.53. The highest BCUT2D eigenvalue weighted by atomic mass is 127. The summed E-state index contributed by atoms with van der Waals surface area (Å²) in [4.78, 5) is 0. The number of hydrogen-bond donors (Lipinski definition) is 1. The Morgan fingerprint density at radius 3 is 2.62 bits per heavy atom. The van der Waals surface area contributed by atoms with Gasteiger partial charge in [0.1, 0.15) is 0 Å². The van der Waals surface area contributed by atoms with E-state index in [-0.39, 0.29) is 27.7 Å². The zero-order valence-corrected chi connectivity index (χ0v) is 6.69. The Hall–Kier alpha value is 0.460. The van der Waals surface area contributed by atoms with Crippen LogP contribution in [-0.2, 0) is 0 Å². The maximum absolute atomic E-state index is 11.7.